The monoisotopic (exact) mass is 331 g/mol. The lowest BCUT2D eigenvalue weighted by Crippen LogP contribution is -2.38. The Balaban J connectivity index is 1.67. The summed E-state index contributed by atoms with van der Waals surface area (Å²) in [6.07, 6.45) is 0. The Hall–Kier alpha value is -2.35. The smallest absolute Gasteiger partial charge is 0.324 e. The molecule has 1 aromatic carbocycles. The van der Waals surface area contributed by atoms with E-state index in [1.54, 1.807) is 6.92 Å². The molecular weight excluding hydrogens is 314 g/mol. The number of carbonyl (C=O) groups excluding carboxylic acids is 2. The molecule has 1 aliphatic rings. The van der Waals surface area contributed by atoms with E-state index in [-0.39, 0.29) is 11.9 Å². The number of benzene rings is 1. The SMILES string of the molecule is Cc1ccc(-c2nc(S[C@@H](C)C(=O)N3CCNC3=O)n[nH]2)cc1. The van der Waals surface area contributed by atoms with Crippen molar-refractivity contribution in [2.45, 2.75) is 24.3 Å². The fourth-order valence-electron chi connectivity index (χ4n) is 2.25. The van der Waals surface area contributed by atoms with Crippen LogP contribution < -0.4 is 5.32 Å². The lowest BCUT2D eigenvalue weighted by molar-refractivity contribution is -0.126. The first-order valence-electron chi connectivity index (χ1n) is 7.30. The van der Waals surface area contributed by atoms with Gasteiger partial charge in [0.15, 0.2) is 5.82 Å². The highest BCUT2D eigenvalue weighted by molar-refractivity contribution is 8.00. The molecule has 0 aliphatic carbocycles. The number of imide groups is 1. The molecule has 1 atom stereocenters. The molecule has 120 valence electrons. The number of urea groups is 1. The summed E-state index contributed by atoms with van der Waals surface area (Å²) < 4.78 is 0. The third-order valence-electron chi connectivity index (χ3n) is 3.54. The first-order chi connectivity index (χ1) is 11.0. The molecule has 0 radical (unpaired) electrons. The van der Waals surface area contributed by atoms with Gasteiger partial charge in [0.25, 0.3) is 0 Å². The minimum absolute atomic E-state index is 0.230. The number of thioether (sulfide) groups is 1. The van der Waals surface area contributed by atoms with Crippen LogP contribution in [-0.4, -0.2) is 50.4 Å². The lowest BCUT2D eigenvalue weighted by Gasteiger charge is -2.15. The van der Waals surface area contributed by atoms with Crippen LogP contribution in [0.25, 0.3) is 11.4 Å². The molecule has 23 heavy (non-hydrogen) atoms. The summed E-state index contributed by atoms with van der Waals surface area (Å²) in [6.45, 7) is 4.68. The number of aromatic nitrogens is 3. The Bertz CT molecular complexity index is 728. The summed E-state index contributed by atoms with van der Waals surface area (Å²) in [5.74, 6) is 0.428. The summed E-state index contributed by atoms with van der Waals surface area (Å²) >= 11 is 1.23. The molecule has 0 saturated carbocycles. The molecule has 0 unspecified atom stereocenters. The summed E-state index contributed by atoms with van der Waals surface area (Å²) in [5.41, 5.74) is 2.11. The first kappa shape index (κ1) is 15.5. The number of carbonyl (C=O) groups is 2. The minimum atomic E-state index is -0.430. The minimum Gasteiger partial charge on any atom is -0.336 e. The molecule has 1 fully saturated rings. The van der Waals surface area contributed by atoms with Crippen LogP contribution in [0.4, 0.5) is 4.79 Å². The van der Waals surface area contributed by atoms with Crippen molar-refractivity contribution in [2.75, 3.05) is 13.1 Å². The fourth-order valence-corrected chi connectivity index (χ4v) is 3.04. The van der Waals surface area contributed by atoms with E-state index >= 15 is 0 Å². The van der Waals surface area contributed by atoms with Crippen LogP contribution in [-0.2, 0) is 4.79 Å². The maximum absolute atomic E-state index is 12.3. The third kappa shape index (κ3) is 3.37. The molecule has 2 heterocycles. The molecule has 2 aromatic rings. The number of amides is 3. The van der Waals surface area contributed by atoms with E-state index in [4.69, 9.17) is 0 Å². The van der Waals surface area contributed by atoms with Gasteiger partial charge in [0.05, 0.1) is 5.25 Å². The van der Waals surface area contributed by atoms with Gasteiger partial charge in [-0.05, 0) is 13.8 Å². The Morgan fingerprint density at radius 3 is 2.74 bits per heavy atom. The molecule has 1 saturated heterocycles. The highest BCUT2D eigenvalue weighted by Crippen LogP contribution is 2.24. The quantitative estimate of drug-likeness (QED) is 0.834. The molecule has 7 nitrogen and oxygen atoms in total. The number of aromatic amines is 1. The van der Waals surface area contributed by atoms with E-state index in [1.807, 2.05) is 31.2 Å². The molecule has 3 amide bonds. The third-order valence-corrected chi connectivity index (χ3v) is 4.49. The number of H-pyrrole nitrogens is 1. The lowest BCUT2D eigenvalue weighted by atomic mass is 10.1. The molecule has 1 aliphatic heterocycles. The Morgan fingerprint density at radius 1 is 1.35 bits per heavy atom. The van der Waals surface area contributed by atoms with Gasteiger partial charge in [-0.2, -0.15) is 0 Å². The van der Waals surface area contributed by atoms with Gasteiger partial charge in [0.1, 0.15) is 0 Å². The number of hydrogen-bond donors (Lipinski definition) is 2. The molecule has 0 spiro atoms. The average molecular weight is 331 g/mol. The van der Waals surface area contributed by atoms with Crippen molar-refractivity contribution < 1.29 is 9.59 Å². The second-order valence-electron chi connectivity index (χ2n) is 5.31. The number of nitrogens with one attached hydrogen (secondary N) is 2. The summed E-state index contributed by atoms with van der Waals surface area (Å²) in [6, 6.07) is 7.60. The van der Waals surface area contributed by atoms with Crippen LogP contribution in [0.3, 0.4) is 0 Å². The Labute approximate surface area is 137 Å². The molecule has 2 N–H and O–H groups in total. The second kappa shape index (κ2) is 6.41. The van der Waals surface area contributed by atoms with Crippen molar-refractivity contribution in [1.82, 2.24) is 25.4 Å². The number of aryl methyl sites for hydroxylation is 1. The van der Waals surface area contributed by atoms with E-state index in [9.17, 15) is 9.59 Å². The number of hydrogen-bond acceptors (Lipinski definition) is 5. The highest BCUT2D eigenvalue weighted by Gasteiger charge is 2.30. The zero-order valence-corrected chi connectivity index (χ0v) is 13.7. The van der Waals surface area contributed by atoms with Crippen molar-refractivity contribution in [1.29, 1.82) is 0 Å². The normalized spacial score (nSPS) is 15.6. The van der Waals surface area contributed by atoms with Crippen LogP contribution in [0.15, 0.2) is 29.4 Å². The van der Waals surface area contributed by atoms with Gasteiger partial charge >= 0.3 is 6.03 Å². The van der Waals surface area contributed by atoms with Crippen LogP contribution in [0.1, 0.15) is 12.5 Å². The van der Waals surface area contributed by atoms with Gasteiger partial charge in [0.2, 0.25) is 11.1 Å². The average Bonchev–Trinajstić information content (AvgIpc) is 3.16. The highest BCUT2D eigenvalue weighted by atomic mass is 32.2. The van der Waals surface area contributed by atoms with Crippen molar-refractivity contribution >= 4 is 23.7 Å². The summed E-state index contributed by atoms with van der Waals surface area (Å²) in [7, 11) is 0. The predicted octanol–water partition coefficient (Wildman–Crippen LogP) is 1.81. The van der Waals surface area contributed by atoms with Gasteiger partial charge in [-0.3, -0.25) is 14.8 Å². The van der Waals surface area contributed by atoms with E-state index in [2.05, 4.69) is 20.5 Å². The molecule has 1 aromatic heterocycles. The molecular formula is C15H17N5O2S. The molecule has 0 bridgehead atoms. The largest absolute Gasteiger partial charge is 0.336 e. The van der Waals surface area contributed by atoms with Crippen molar-refractivity contribution in [3.05, 3.63) is 29.8 Å². The van der Waals surface area contributed by atoms with Gasteiger partial charge in [0, 0.05) is 18.7 Å². The first-order valence-corrected chi connectivity index (χ1v) is 8.18. The summed E-state index contributed by atoms with van der Waals surface area (Å²) in [4.78, 5) is 29.4. The van der Waals surface area contributed by atoms with Crippen LogP contribution in [0.5, 0.6) is 0 Å². The summed E-state index contributed by atoms with van der Waals surface area (Å²) in [5, 5.41) is 9.69. The predicted molar refractivity (Wildman–Crippen MR) is 87.0 cm³/mol. The van der Waals surface area contributed by atoms with Gasteiger partial charge in [-0.1, -0.05) is 41.6 Å². The van der Waals surface area contributed by atoms with Gasteiger partial charge in [-0.25, -0.2) is 9.78 Å². The zero-order valence-electron chi connectivity index (χ0n) is 12.9. The van der Waals surface area contributed by atoms with Gasteiger partial charge in [-0.15, -0.1) is 5.10 Å². The maximum atomic E-state index is 12.3. The Morgan fingerprint density at radius 2 is 2.09 bits per heavy atom. The zero-order chi connectivity index (χ0) is 16.4. The van der Waals surface area contributed by atoms with E-state index in [0.29, 0.717) is 24.1 Å². The van der Waals surface area contributed by atoms with Crippen molar-refractivity contribution in [2.24, 2.45) is 0 Å². The maximum Gasteiger partial charge on any atom is 0.324 e. The van der Waals surface area contributed by atoms with Crippen LogP contribution >= 0.6 is 11.8 Å². The van der Waals surface area contributed by atoms with Crippen molar-refractivity contribution in [3.63, 3.8) is 0 Å². The number of rotatable bonds is 4. The van der Waals surface area contributed by atoms with Crippen LogP contribution in [0.2, 0.25) is 0 Å². The fraction of sp³-hybridized carbons (Fsp3) is 0.333. The topological polar surface area (TPSA) is 91.0 Å². The van der Waals surface area contributed by atoms with Gasteiger partial charge < -0.3 is 5.32 Å². The van der Waals surface area contributed by atoms with Crippen molar-refractivity contribution in [3.8, 4) is 11.4 Å². The van der Waals surface area contributed by atoms with E-state index in [0.717, 1.165) is 5.56 Å². The standard InChI is InChI=1S/C15H17N5O2S/c1-9-3-5-11(6-4-9)12-17-14(19-18-12)23-10(2)13(21)20-8-7-16-15(20)22/h3-6,10H,7-8H2,1-2H3,(H,16,22)(H,17,18,19)/t10-/m0/s1. The Kier molecular flexibility index (Phi) is 4.33. The molecule has 8 heteroatoms. The van der Waals surface area contributed by atoms with Crippen LogP contribution in [0, 0.1) is 6.92 Å². The van der Waals surface area contributed by atoms with E-state index in [1.165, 1.54) is 22.2 Å². The number of nitrogens with zero attached hydrogens (tertiary/aromatic N) is 3. The van der Waals surface area contributed by atoms with E-state index < -0.39 is 5.25 Å². The second-order valence-corrected chi connectivity index (χ2v) is 6.62. The molecule has 3 rings (SSSR count).